The number of hydrogen-bond donors (Lipinski definition) is 0. The van der Waals surface area contributed by atoms with Gasteiger partial charge in [-0.1, -0.05) is 48.0 Å². The highest BCUT2D eigenvalue weighted by atomic mass is 14.9. The van der Waals surface area contributed by atoms with E-state index in [4.69, 9.17) is 0 Å². The molecule has 0 aliphatic heterocycles. The van der Waals surface area contributed by atoms with Gasteiger partial charge in [0.15, 0.2) is 0 Å². The van der Waals surface area contributed by atoms with Gasteiger partial charge in [0.2, 0.25) is 0 Å². The largest absolute Gasteiger partial charge is 0.344 e. The van der Waals surface area contributed by atoms with Crippen molar-refractivity contribution in [2.24, 2.45) is 7.05 Å². The summed E-state index contributed by atoms with van der Waals surface area (Å²) >= 11 is 0. The number of fused-ring (bicyclic) bond motifs is 5. The molecule has 0 bridgehead atoms. The topological polar surface area (TPSA) is 4.93 Å². The van der Waals surface area contributed by atoms with Crippen LogP contribution in [0.15, 0.2) is 54.6 Å². The first-order valence-electron chi connectivity index (χ1n) is 6.62. The van der Waals surface area contributed by atoms with E-state index in [-0.39, 0.29) is 0 Å². The molecule has 0 atom stereocenters. The number of benzene rings is 3. The summed E-state index contributed by atoms with van der Waals surface area (Å²) in [6.07, 6.45) is 0. The molecule has 3 aromatic carbocycles. The van der Waals surface area contributed by atoms with Crippen molar-refractivity contribution in [1.82, 2.24) is 4.57 Å². The molecule has 0 amide bonds. The van der Waals surface area contributed by atoms with Gasteiger partial charge in [0, 0.05) is 28.9 Å². The molecule has 0 aliphatic carbocycles. The zero-order chi connectivity index (χ0) is 13.0. The van der Waals surface area contributed by atoms with Crippen molar-refractivity contribution >= 4 is 32.6 Å². The first kappa shape index (κ1) is 10.6. The van der Waals surface area contributed by atoms with Crippen molar-refractivity contribution < 1.29 is 0 Å². The third kappa shape index (κ3) is 1.36. The normalized spacial score (nSPS) is 11.7. The summed E-state index contributed by atoms with van der Waals surface area (Å²) in [6, 6.07) is 19.8. The molecule has 1 aromatic heterocycles. The monoisotopic (exact) mass is 245 g/mol. The highest BCUT2D eigenvalue weighted by Gasteiger charge is 2.10. The van der Waals surface area contributed by atoms with Crippen LogP contribution in [0.5, 0.6) is 0 Å². The molecule has 4 aromatic rings. The van der Waals surface area contributed by atoms with Gasteiger partial charge in [0.1, 0.15) is 0 Å². The summed E-state index contributed by atoms with van der Waals surface area (Å²) in [5.74, 6) is 0. The molecular weight excluding hydrogens is 230 g/mol. The number of aromatic nitrogens is 1. The van der Waals surface area contributed by atoms with Gasteiger partial charge in [-0.2, -0.15) is 0 Å². The maximum atomic E-state index is 2.28. The van der Waals surface area contributed by atoms with E-state index in [1.807, 2.05) is 0 Å². The molecular formula is C18H15N. The third-order valence-electron chi connectivity index (χ3n) is 4.05. The van der Waals surface area contributed by atoms with Gasteiger partial charge in [-0.05, 0) is 29.8 Å². The molecule has 0 saturated carbocycles. The summed E-state index contributed by atoms with van der Waals surface area (Å²) in [4.78, 5) is 0. The lowest BCUT2D eigenvalue weighted by atomic mass is 10.0. The minimum Gasteiger partial charge on any atom is -0.344 e. The van der Waals surface area contributed by atoms with Crippen LogP contribution < -0.4 is 0 Å². The van der Waals surface area contributed by atoms with Gasteiger partial charge in [-0.3, -0.25) is 0 Å². The minimum absolute atomic E-state index is 1.30. The lowest BCUT2D eigenvalue weighted by Gasteiger charge is -2.03. The molecule has 0 saturated heterocycles. The van der Waals surface area contributed by atoms with Crippen molar-refractivity contribution in [2.45, 2.75) is 6.92 Å². The summed E-state index contributed by atoms with van der Waals surface area (Å²) in [5.41, 5.74) is 3.91. The Morgan fingerprint density at radius 3 is 2.53 bits per heavy atom. The molecule has 1 heterocycles. The molecule has 0 fully saturated rings. The van der Waals surface area contributed by atoms with E-state index in [9.17, 15) is 0 Å². The van der Waals surface area contributed by atoms with E-state index in [1.54, 1.807) is 0 Å². The fraction of sp³-hybridized carbons (Fsp3) is 0.111. The average molecular weight is 245 g/mol. The molecule has 92 valence electrons. The lowest BCUT2D eigenvalue weighted by molar-refractivity contribution is 1.01. The SMILES string of the molecule is Cc1ccc2c(ccc3c2c2ccccc2n3C)c1. The van der Waals surface area contributed by atoms with Gasteiger partial charge >= 0.3 is 0 Å². The van der Waals surface area contributed by atoms with E-state index < -0.39 is 0 Å². The Bertz CT molecular complexity index is 929. The van der Waals surface area contributed by atoms with Crippen LogP contribution in [0.4, 0.5) is 0 Å². The Kier molecular flexibility index (Phi) is 2.02. The van der Waals surface area contributed by atoms with Gasteiger partial charge in [0.05, 0.1) is 0 Å². The Labute approximate surface area is 112 Å². The Morgan fingerprint density at radius 1 is 0.789 bits per heavy atom. The van der Waals surface area contributed by atoms with Crippen molar-refractivity contribution in [3.8, 4) is 0 Å². The fourth-order valence-corrected chi connectivity index (χ4v) is 3.11. The van der Waals surface area contributed by atoms with Crippen LogP contribution in [0.25, 0.3) is 32.6 Å². The molecule has 0 unspecified atom stereocenters. The van der Waals surface area contributed by atoms with E-state index in [2.05, 4.69) is 73.1 Å². The van der Waals surface area contributed by atoms with Crippen LogP contribution in [0.2, 0.25) is 0 Å². The van der Waals surface area contributed by atoms with Crippen LogP contribution in [-0.2, 0) is 7.05 Å². The zero-order valence-corrected chi connectivity index (χ0v) is 11.1. The summed E-state index contributed by atoms with van der Waals surface area (Å²) in [5, 5.41) is 5.38. The van der Waals surface area contributed by atoms with Gasteiger partial charge < -0.3 is 4.57 Å². The second-order valence-corrected chi connectivity index (χ2v) is 5.26. The zero-order valence-electron chi connectivity index (χ0n) is 11.1. The fourth-order valence-electron chi connectivity index (χ4n) is 3.11. The van der Waals surface area contributed by atoms with Crippen LogP contribution >= 0.6 is 0 Å². The highest BCUT2D eigenvalue weighted by molar-refractivity contribution is 6.20. The molecule has 1 nitrogen and oxygen atoms in total. The van der Waals surface area contributed by atoms with Crippen molar-refractivity contribution in [1.29, 1.82) is 0 Å². The van der Waals surface area contributed by atoms with E-state index in [1.165, 1.54) is 38.1 Å². The minimum atomic E-state index is 1.30. The summed E-state index contributed by atoms with van der Waals surface area (Å²) in [6.45, 7) is 2.15. The second kappa shape index (κ2) is 3.61. The Morgan fingerprint density at radius 2 is 1.63 bits per heavy atom. The highest BCUT2D eigenvalue weighted by Crippen LogP contribution is 2.34. The van der Waals surface area contributed by atoms with Crippen molar-refractivity contribution in [3.63, 3.8) is 0 Å². The number of nitrogens with zero attached hydrogens (tertiary/aromatic N) is 1. The second-order valence-electron chi connectivity index (χ2n) is 5.26. The molecule has 0 spiro atoms. The Hall–Kier alpha value is -2.28. The van der Waals surface area contributed by atoms with Crippen LogP contribution in [0.3, 0.4) is 0 Å². The first-order chi connectivity index (χ1) is 9.25. The van der Waals surface area contributed by atoms with Gasteiger partial charge in [0.25, 0.3) is 0 Å². The molecule has 0 N–H and O–H groups in total. The first-order valence-corrected chi connectivity index (χ1v) is 6.62. The number of para-hydroxylation sites is 1. The maximum Gasteiger partial charge on any atom is 0.0495 e. The predicted molar refractivity (Wildman–Crippen MR) is 82.7 cm³/mol. The summed E-state index contributed by atoms with van der Waals surface area (Å²) < 4.78 is 2.28. The number of hydrogen-bond acceptors (Lipinski definition) is 0. The molecule has 19 heavy (non-hydrogen) atoms. The molecule has 0 radical (unpaired) electrons. The van der Waals surface area contributed by atoms with Crippen molar-refractivity contribution in [2.75, 3.05) is 0 Å². The number of rotatable bonds is 0. The average Bonchev–Trinajstić information content (AvgIpc) is 2.73. The van der Waals surface area contributed by atoms with E-state index in [0.29, 0.717) is 0 Å². The van der Waals surface area contributed by atoms with Crippen LogP contribution in [-0.4, -0.2) is 4.57 Å². The van der Waals surface area contributed by atoms with Crippen LogP contribution in [0.1, 0.15) is 5.56 Å². The van der Waals surface area contributed by atoms with E-state index >= 15 is 0 Å². The quantitative estimate of drug-likeness (QED) is 0.419. The van der Waals surface area contributed by atoms with Gasteiger partial charge in [-0.25, -0.2) is 0 Å². The van der Waals surface area contributed by atoms with Gasteiger partial charge in [-0.15, -0.1) is 0 Å². The summed E-state index contributed by atoms with van der Waals surface area (Å²) in [7, 11) is 2.14. The lowest BCUT2D eigenvalue weighted by Crippen LogP contribution is -1.86. The standard InChI is InChI=1S/C18H15N/c1-12-7-9-14-13(11-12)8-10-17-18(14)15-5-3-4-6-16(15)19(17)2/h3-11H,1-2H3. The smallest absolute Gasteiger partial charge is 0.0495 e. The van der Waals surface area contributed by atoms with E-state index in [0.717, 1.165) is 0 Å². The number of aryl methyl sites for hydroxylation is 2. The maximum absolute atomic E-state index is 2.28. The Balaban J connectivity index is 2.36. The van der Waals surface area contributed by atoms with Crippen molar-refractivity contribution in [3.05, 3.63) is 60.2 Å². The predicted octanol–water partition coefficient (Wildman–Crippen LogP) is 4.79. The molecule has 1 heteroatoms. The molecule has 0 aliphatic rings. The molecule has 4 rings (SSSR count). The third-order valence-corrected chi connectivity index (χ3v) is 4.05. The van der Waals surface area contributed by atoms with Crippen LogP contribution in [0, 0.1) is 6.92 Å².